The second-order valence-corrected chi connectivity index (χ2v) is 5.39. The van der Waals surface area contributed by atoms with Crippen molar-refractivity contribution in [1.82, 2.24) is 9.55 Å². The maximum atomic E-state index is 11.7. The van der Waals surface area contributed by atoms with Crippen molar-refractivity contribution < 1.29 is 28.7 Å². The lowest BCUT2D eigenvalue weighted by Crippen LogP contribution is -2.39. The van der Waals surface area contributed by atoms with Gasteiger partial charge in [-0.2, -0.15) is 0 Å². The van der Waals surface area contributed by atoms with Gasteiger partial charge in [-0.1, -0.05) is 0 Å². The minimum absolute atomic E-state index is 0.0954. The number of nitrogens with zero attached hydrogens (tertiary/aromatic N) is 1. The molecule has 4 N–H and O–H groups in total. The Morgan fingerprint density at radius 2 is 2.20 bits per heavy atom. The number of hydrogen-bond donors (Lipinski definition) is 4. The molecule has 1 aliphatic rings. The third-order valence-corrected chi connectivity index (χ3v) is 3.39. The molecule has 1 aromatic rings. The van der Waals surface area contributed by atoms with Crippen LogP contribution in [-0.4, -0.2) is 49.9 Å². The van der Waals surface area contributed by atoms with Gasteiger partial charge in [0, 0.05) is 12.3 Å². The Hall–Kier alpha value is -1.29. The number of phosphoric ester groups is 1. The summed E-state index contributed by atoms with van der Waals surface area (Å²) >= 11 is 0. The highest BCUT2D eigenvalue weighted by atomic mass is 31.2. The van der Waals surface area contributed by atoms with E-state index in [0.717, 1.165) is 10.6 Å². The van der Waals surface area contributed by atoms with Crippen LogP contribution in [0, 0.1) is 0 Å². The summed E-state index contributed by atoms with van der Waals surface area (Å²) in [4.78, 5) is 42.4. The van der Waals surface area contributed by atoms with Crippen LogP contribution in [0.2, 0.25) is 0 Å². The number of nitrogens with one attached hydrogen (secondary N) is 1. The number of rotatable bonds is 4. The minimum atomic E-state index is -4.83. The van der Waals surface area contributed by atoms with Gasteiger partial charge in [-0.25, -0.2) is 9.36 Å². The molecule has 112 valence electrons. The van der Waals surface area contributed by atoms with Gasteiger partial charge in [0.15, 0.2) is 0 Å². The van der Waals surface area contributed by atoms with E-state index < -0.39 is 43.9 Å². The zero-order valence-corrected chi connectivity index (χ0v) is 11.0. The first-order valence-electron chi connectivity index (χ1n) is 5.59. The average Bonchev–Trinajstić information content (AvgIpc) is 2.70. The molecule has 1 aliphatic heterocycles. The molecule has 0 unspecified atom stereocenters. The van der Waals surface area contributed by atoms with E-state index >= 15 is 0 Å². The number of aromatic nitrogens is 2. The van der Waals surface area contributed by atoms with Gasteiger partial charge < -0.3 is 19.6 Å². The fourth-order valence-corrected chi connectivity index (χ4v) is 2.63. The van der Waals surface area contributed by atoms with Crippen LogP contribution >= 0.6 is 7.82 Å². The highest BCUT2D eigenvalue weighted by molar-refractivity contribution is 7.46. The van der Waals surface area contributed by atoms with Crippen molar-refractivity contribution >= 4 is 7.82 Å². The Labute approximate surface area is 111 Å². The highest BCUT2D eigenvalue weighted by Crippen LogP contribution is 2.43. The van der Waals surface area contributed by atoms with Crippen LogP contribution in [0.4, 0.5) is 0 Å². The lowest BCUT2D eigenvalue weighted by Gasteiger charge is -2.23. The summed E-state index contributed by atoms with van der Waals surface area (Å²) < 4.78 is 21.7. The third-order valence-electron chi connectivity index (χ3n) is 2.87. The van der Waals surface area contributed by atoms with Gasteiger partial charge in [-0.05, 0) is 0 Å². The molecule has 11 heteroatoms. The van der Waals surface area contributed by atoms with Crippen molar-refractivity contribution in [1.29, 1.82) is 0 Å². The van der Waals surface area contributed by atoms with E-state index in [2.05, 4.69) is 4.52 Å². The van der Waals surface area contributed by atoms with Gasteiger partial charge >= 0.3 is 13.5 Å². The van der Waals surface area contributed by atoms with E-state index in [1.165, 1.54) is 6.20 Å². The summed E-state index contributed by atoms with van der Waals surface area (Å²) in [5.74, 6) is 0. The van der Waals surface area contributed by atoms with Crippen LogP contribution in [0.25, 0.3) is 0 Å². The zero-order valence-electron chi connectivity index (χ0n) is 10.1. The average molecular weight is 308 g/mol. The second kappa shape index (κ2) is 5.60. The molecule has 3 atom stereocenters. The Morgan fingerprint density at radius 1 is 1.50 bits per heavy atom. The molecule has 2 heterocycles. The van der Waals surface area contributed by atoms with Gasteiger partial charge in [-0.15, -0.1) is 0 Å². The van der Waals surface area contributed by atoms with Gasteiger partial charge in [0.1, 0.15) is 12.2 Å². The predicted octanol–water partition coefficient (Wildman–Crippen LogP) is -2.05. The standard InChI is InChI=1S/C9H13N2O8P/c12-3-6-8(19-20(15,16)17)5(4-18-6)11-2-1-7(13)10-9(11)14/h1-2,5-6,8,12H,3-4H2,(H,10,13,14)(H2,15,16,17)/t5-,6-,8+/m1/s1. The molecule has 2 rings (SSSR count). The van der Waals surface area contributed by atoms with E-state index in [-0.39, 0.29) is 6.61 Å². The first-order valence-corrected chi connectivity index (χ1v) is 7.13. The smallest absolute Gasteiger partial charge is 0.394 e. The maximum Gasteiger partial charge on any atom is 0.470 e. The topological polar surface area (TPSA) is 151 Å². The van der Waals surface area contributed by atoms with Gasteiger partial charge in [0.25, 0.3) is 5.56 Å². The van der Waals surface area contributed by atoms with E-state index in [9.17, 15) is 14.2 Å². The van der Waals surface area contributed by atoms with Crippen molar-refractivity contribution in [3.8, 4) is 0 Å². The summed E-state index contributed by atoms with van der Waals surface area (Å²) in [5.41, 5.74) is -1.36. The second-order valence-electron chi connectivity index (χ2n) is 4.20. The molecule has 1 fully saturated rings. The van der Waals surface area contributed by atoms with Crippen molar-refractivity contribution in [2.24, 2.45) is 0 Å². The number of phosphoric acid groups is 1. The Morgan fingerprint density at radius 3 is 2.75 bits per heavy atom. The monoisotopic (exact) mass is 308 g/mol. The number of aliphatic hydroxyl groups is 1. The van der Waals surface area contributed by atoms with E-state index in [1.54, 1.807) is 0 Å². The molecule has 1 saturated heterocycles. The summed E-state index contributed by atoms with van der Waals surface area (Å²) in [6, 6.07) is 0.214. The van der Waals surface area contributed by atoms with Crippen molar-refractivity contribution in [2.45, 2.75) is 18.2 Å². The van der Waals surface area contributed by atoms with E-state index in [1.807, 2.05) is 4.98 Å². The molecule has 0 spiro atoms. The zero-order chi connectivity index (χ0) is 14.9. The molecule has 0 saturated carbocycles. The summed E-state index contributed by atoms with van der Waals surface area (Å²) in [6.45, 7) is -0.624. The first-order chi connectivity index (χ1) is 9.31. The minimum Gasteiger partial charge on any atom is -0.394 e. The number of H-pyrrole nitrogens is 1. The lowest BCUT2D eigenvalue weighted by atomic mass is 10.1. The molecule has 1 aromatic heterocycles. The number of ether oxygens (including phenoxy) is 1. The largest absolute Gasteiger partial charge is 0.470 e. The fraction of sp³-hybridized carbons (Fsp3) is 0.556. The SMILES string of the molecule is O=c1ccn([C@@H]2CO[C@H](CO)[C@H]2OP(=O)(O)O)c(=O)[nH]1. The molecule has 20 heavy (non-hydrogen) atoms. The van der Waals surface area contributed by atoms with Crippen molar-refractivity contribution in [2.75, 3.05) is 13.2 Å². The fourth-order valence-electron chi connectivity index (χ4n) is 2.04. The molecular formula is C9H13N2O8P. The molecular weight excluding hydrogens is 295 g/mol. The predicted molar refractivity (Wildman–Crippen MR) is 64.1 cm³/mol. The normalized spacial score (nSPS) is 26.9. The Balaban J connectivity index is 2.36. The lowest BCUT2D eigenvalue weighted by molar-refractivity contribution is 0.00135. The summed E-state index contributed by atoms with van der Waals surface area (Å²) in [6.07, 6.45) is -1.03. The molecule has 10 nitrogen and oxygen atoms in total. The highest BCUT2D eigenvalue weighted by Gasteiger charge is 2.43. The first kappa shape index (κ1) is 15.1. The van der Waals surface area contributed by atoms with Crippen LogP contribution in [0.15, 0.2) is 21.9 Å². The van der Waals surface area contributed by atoms with Gasteiger partial charge in [-0.3, -0.25) is 18.9 Å². The Kier molecular flexibility index (Phi) is 4.23. The Bertz CT molecular complexity index is 633. The summed E-state index contributed by atoms with van der Waals surface area (Å²) in [7, 11) is -4.83. The van der Waals surface area contributed by atoms with Crippen LogP contribution in [0.1, 0.15) is 6.04 Å². The molecule has 0 amide bonds. The van der Waals surface area contributed by atoms with Crippen LogP contribution in [0.3, 0.4) is 0 Å². The van der Waals surface area contributed by atoms with Gasteiger partial charge in [0.05, 0.1) is 19.3 Å². The van der Waals surface area contributed by atoms with E-state index in [4.69, 9.17) is 19.6 Å². The summed E-state index contributed by atoms with van der Waals surface area (Å²) in [5, 5.41) is 9.11. The molecule has 0 radical (unpaired) electrons. The van der Waals surface area contributed by atoms with Crippen LogP contribution in [0.5, 0.6) is 0 Å². The number of aliphatic hydroxyl groups excluding tert-OH is 1. The van der Waals surface area contributed by atoms with Crippen LogP contribution in [-0.2, 0) is 13.8 Å². The molecule has 0 bridgehead atoms. The molecule has 0 aliphatic carbocycles. The van der Waals surface area contributed by atoms with Crippen molar-refractivity contribution in [3.63, 3.8) is 0 Å². The van der Waals surface area contributed by atoms with Crippen molar-refractivity contribution in [3.05, 3.63) is 33.1 Å². The van der Waals surface area contributed by atoms with Crippen LogP contribution < -0.4 is 11.2 Å². The molecule has 0 aromatic carbocycles. The number of hydrogen-bond acceptors (Lipinski definition) is 6. The maximum absolute atomic E-state index is 11.7. The van der Waals surface area contributed by atoms with Gasteiger partial charge in [0.2, 0.25) is 0 Å². The number of aromatic amines is 1. The van der Waals surface area contributed by atoms with E-state index in [0.29, 0.717) is 0 Å². The third kappa shape index (κ3) is 3.23. The quantitative estimate of drug-likeness (QED) is 0.464.